The van der Waals surface area contributed by atoms with Crippen LogP contribution in [0, 0.1) is 35.3 Å². The Morgan fingerprint density at radius 2 is 2.11 bits per heavy atom. The average Bonchev–Trinajstić information content (AvgIpc) is 2.87. The number of benzene rings is 2. The summed E-state index contributed by atoms with van der Waals surface area (Å²) in [4.78, 5) is 18.1. The lowest BCUT2D eigenvalue weighted by molar-refractivity contribution is -0.146. The summed E-state index contributed by atoms with van der Waals surface area (Å²) in [5, 5.41) is 21.2. The number of methoxy groups -OCH3 is 1. The first kappa shape index (κ1) is 25.5. The summed E-state index contributed by atoms with van der Waals surface area (Å²) in [6.45, 7) is 1.37. The number of hydrogen-bond donors (Lipinski definition) is 2. The van der Waals surface area contributed by atoms with Crippen molar-refractivity contribution in [1.82, 2.24) is 9.88 Å². The van der Waals surface area contributed by atoms with Crippen LogP contribution in [-0.4, -0.2) is 52.8 Å². The number of piperidine rings is 1. The van der Waals surface area contributed by atoms with Gasteiger partial charge in [0.1, 0.15) is 17.4 Å². The second kappa shape index (κ2) is 11.5. The number of ether oxygens (including phenoxy) is 1. The Balaban J connectivity index is 1.41. The van der Waals surface area contributed by atoms with Gasteiger partial charge >= 0.3 is 5.97 Å². The van der Waals surface area contributed by atoms with Gasteiger partial charge in [-0.05, 0) is 68.1 Å². The maximum atomic E-state index is 14.7. The number of aliphatic hydroxyl groups is 1. The molecule has 1 saturated heterocycles. The lowest BCUT2D eigenvalue weighted by Gasteiger charge is -2.36. The molecule has 188 valence electrons. The van der Waals surface area contributed by atoms with Gasteiger partial charge in [-0.3, -0.25) is 14.7 Å². The van der Waals surface area contributed by atoms with E-state index in [4.69, 9.17) is 4.74 Å². The van der Waals surface area contributed by atoms with E-state index in [1.54, 1.807) is 30.3 Å². The molecule has 36 heavy (non-hydrogen) atoms. The molecule has 2 aromatic carbocycles. The molecule has 0 radical (unpaired) electrons. The summed E-state index contributed by atoms with van der Waals surface area (Å²) < 4.78 is 33.2. The molecule has 0 amide bonds. The van der Waals surface area contributed by atoms with Gasteiger partial charge in [0.15, 0.2) is 0 Å². The third-order valence-electron chi connectivity index (χ3n) is 6.73. The summed E-state index contributed by atoms with van der Waals surface area (Å²) in [6.07, 6.45) is 1.28. The number of carboxylic acid groups (broad SMARTS) is 1. The average molecular weight is 495 g/mol. The second-order valence-electron chi connectivity index (χ2n) is 9.04. The van der Waals surface area contributed by atoms with Crippen molar-refractivity contribution < 1.29 is 28.5 Å². The lowest BCUT2D eigenvalue weighted by Crippen LogP contribution is -2.44. The highest BCUT2D eigenvalue weighted by Crippen LogP contribution is 2.34. The lowest BCUT2D eigenvalue weighted by atomic mass is 9.81. The van der Waals surface area contributed by atoms with Crippen molar-refractivity contribution in [3.63, 3.8) is 0 Å². The number of aromatic nitrogens is 1. The second-order valence-corrected chi connectivity index (χ2v) is 9.04. The molecule has 2 N–H and O–H groups in total. The minimum Gasteiger partial charge on any atom is -0.497 e. The van der Waals surface area contributed by atoms with E-state index in [9.17, 15) is 23.8 Å². The minimum atomic E-state index is -1.10. The number of hydrogen-bond acceptors (Lipinski definition) is 5. The molecule has 1 aliphatic heterocycles. The van der Waals surface area contributed by atoms with Crippen molar-refractivity contribution in [2.45, 2.75) is 25.4 Å². The zero-order chi connectivity index (χ0) is 25.7. The SMILES string of the molecule is COc1ccc2ncc(F)c(C(O)CCC3CCN(CC#Cc4cccc(F)c4)CC3C(=O)O)c2c1. The van der Waals surface area contributed by atoms with Gasteiger partial charge in [-0.25, -0.2) is 8.78 Å². The molecule has 3 unspecified atom stereocenters. The van der Waals surface area contributed by atoms with Crippen molar-refractivity contribution >= 4 is 16.9 Å². The van der Waals surface area contributed by atoms with E-state index in [1.165, 1.54) is 19.2 Å². The molecule has 3 aromatic rings. The maximum absolute atomic E-state index is 14.7. The smallest absolute Gasteiger partial charge is 0.308 e. The Kier molecular flexibility index (Phi) is 8.14. The molecule has 6 nitrogen and oxygen atoms in total. The number of rotatable bonds is 7. The first-order chi connectivity index (χ1) is 17.4. The van der Waals surface area contributed by atoms with Crippen molar-refractivity contribution in [1.29, 1.82) is 0 Å². The molecular weight excluding hydrogens is 466 g/mol. The standard InChI is InChI=1S/C28H28F2N2O4/c1-36-21-8-9-25-22(15-21)27(24(30)16-31-25)26(33)10-7-19-11-13-32(17-23(19)28(34)35)12-3-5-18-4-2-6-20(29)14-18/h2,4,6,8-9,14-16,19,23,26,33H,7,10-13,17H2,1H3,(H,34,35). The van der Waals surface area contributed by atoms with Crippen molar-refractivity contribution in [2.24, 2.45) is 11.8 Å². The largest absolute Gasteiger partial charge is 0.497 e. The number of aliphatic carboxylic acids is 1. The fraction of sp³-hybridized carbons (Fsp3) is 0.357. The number of nitrogens with zero attached hydrogens (tertiary/aromatic N) is 2. The normalized spacial score (nSPS) is 18.9. The fourth-order valence-corrected chi connectivity index (χ4v) is 4.81. The number of carbonyl (C=O) groups is 1. The molecule has 3 atom stereocenters. The highest BCUT2D eigenvalue weighted by atomic mass is 19.1. The van der Waals surface area contributed by atoms with Gasteiger partial charge in [-0.1, -0.05) is 17.9 Å². The van der Waals surface area contributed by atoms with Gasteiger partial charge in [-0.15, -0.1) is 0 Å². The molecule has 0 saturated carbocycles. The van der Waals surface area contributed by atoms with Crippen LogP contribution in [0.5, 0.6) is 5.75 Å². The van der Waals surface area contributed by atoms with E-state index >= 15 is 0 Å². The van der Waals surface area contributed by atoms with E-state index in [0.29, 0.717) is 54.7 Å². The van der Waals surface area contributed by atoms with E-state index in [-0.39, 0.29) is 23.7 Å². The summed E-state index contributed by atoms with van der Waals surface area (Å²) in [5.74, 6) is 3.80. The number of fused-ring (bicyclic) bond motifs is 1. The van der Waals surface area contributed by atoms with Crippen LogP contribution in [0.15, 0.2) is 48.7 Å². The third-order valence-corrected chi connectivity index (χ3v) is 6.73. The molecule has 8 heteroatoms. The summed E-state index contributed by atoms with van der Waals surface area (Å²) in [5.41, 5.74) is 1.26. The zero-order valence-electron chi connectivity index (χ0n) is 20.0. The monoisotopic (exact) mass is 494 g/mol. The topological polar surface area (TPSA) is 82.9 Å². The molecule has 1 aliphatic rings. The van der Waals surface area contributed by atoms with Crippen LogP contribution in [0.1, 0.15) is 36.5 Å². The number of pyridine rings is 1. The van der Waals surface area contributed by atoms with Gasteiger partial charge in [0, 0.05) is 23.1 Å². The Morgan fingerprint density at radius 1 is 1.28 bits per heavy atom. The highest BCUT2D eigenvalue weighted by Gasteiger charge is 2.34. The highest BCUT2D eigenvalue weighted by molar-refractivity contribution is 5.84. The molecule has 0 spiro atoms. The Bertz CT molecular complexity index is 1300. The van der Waals surface area contributed by atoms with E-state index < -0.39 is 23.8 Å². The van der Waals surface area contributed by atoms with Crippen LogP contribution >= 0.6 is 0 Å². The van der Waals surface area contributed by atoms with Crippen LogP contribution in [0.3, 0.4) is 0 Å². The Labute approximate surface area is 208 Å². The molecule has 4 rings (SSSR count). The third kappa shape index (κ3) is 5.99. The number of likely N-dealkylation sites (tertiary alicyclic amines) is 1. The predicted molar refractivity (Wildman–Crippen MR) is 131 cm³/mol. The Morgan fingerprint density at radius 3 is 2.86 bits per heavy atom. The number of aliphatic hydroxyl groups excluding tert-OH is 1. The molecule has 0 aliphatic carbocycles. The van der Waals surface area contributed by atoms with Crippen LogP contribution in [0.25, 0.3) is 10.9 Å². The molecule has 1 fully saturated rings. The van der Waals surface area contributed by atoms with Gasteiger partial charge in [0.2, 0.25) is 0 Å². The van der Waals surface area contributed by atoms with Crippen molar-refractivity contribution in [3.05, 3.63) is 71.4 Å². The molecule has 2 heterocycles. The fourth-order valence-electron chi connectivity index (χ4n) is 4.81. The quantitative estimate of drug-likeness (QED) is 0.474. The Hall–Kier alpha value is -3.54. The zero-order valence-corrected chi connectivity index (χ0v) is 20.0. The van der Waals surface area contributed by atoms with E-state index in [1.807, 2.05) is 4.90 Å². The molecular formula is C28H28F2N2O4. The number of halogens is 2. The maximum Gasteiger partial charge on any atom is 0.308 e. The van der Waals surface area contributed by atoms with Crippen LogP contribution in [0.4, 0.5) is 8.78 Å². The summed E-state index contributed by atoms with van der Waals surface area (Å²) in [7, 11) is 1.51. The predicted octanol–water partition coefficient (Wildman–Crippen LogP) is 4.41. The molecule has 0 bridgehead atoms. The van der Waals surface area contributed by atoms with Gasteiger partial charge in [-0.2, -0.15) is 0 Å². The summed E-state index contributed by atoms with van der Waals surface area (Å²) in [6, 6.07) is 11.1. The minimum absolute atomic E-state index is 0.149. The molecule has 1 aromatic heterocycles. The van der Waals surface area contributed by atoms with Gasteiger partial charge < -0.3 is 14.9 Å². The van der Waals surface area contributed by atoms with Gasteiger partial charge in [0.25, 0.3) is 0 Å². The first-order valence-corrected chi connectivity index (χ1v) is 11.9. The van der Waals surface area contributed by atoms with E-state index in [2.05, 4.69) is 16.8 Å². The van der Waals surface area contributed by atoms with Crippen molar-refractivity contribution in [3.8, 4) is 17.6 Å². The van der Waals surface area contributed by atoms with Crippen LogP contribution in [0.2, 0.25) is 0 Å². The van der Waals surface area contributed by atoms with Crippen molar-refractivity contribution in [2.75, 3.05) is 26.7 Å². The van der Waals surface area contributed by atoms with Crippen LogP contribution < -0.4 is 4.74 Å². The summed E-state index contributed by atoms with van der Waals surface area (Å²) >= 11 is 0. The first-order valence-electron chi connectivity index (χ1n) is 11.9. The van der Waals surface area contributed by atoms with E-state index in [0.717, 1.165) is 6.20 Å². The number of carboxylic acids is 1. The van der Waals surface area contributed by atoms with Crippen LogP contribution in [-0.2, 0) is 4.79 Å². The van der Waals surface area contributed by atoms with Gasteiger partial charge in [0.05, 0.1) is 37.4 Å².